The topological polar surface area (TPSA) is 35.5 Å². The summed E-state index contributed by atoms with van der Waals surface area (Å²) in [6.45, 7) is 2.11. The summed E-state index contributed by atoms with van der Waals surface area (Å²) in [5.41, 5.74) is 0.783. The van der Waals surface area contributed by atoms with Crippen LogP contribution in [0.2, 0.25) is 0 Å². The van der Waals surface area contributed by atoms with Crippen LogP contribution in [-0.4, -0.2) is 12.6 Å². The van der Waals surface area contributed by atoms with Crippen molar-refractivity contribution in [2.45, 2.75) is 13.0 Å². The van der Waals surface area contributed by atoms with Crippen molar-refractivity contribution in [1.82, 2.24) is 0 Å². The Morgan fingerprint density at radius 1 is 1.10 bits per heavy atom. The van der Waals surface area contributed by atoms with E-state index in [2.05, 4.69) is 22.6 Å². The zero-order valence-corrected chi connectivity index (χ0v) is 13.2. The van der Waals surface area contributed by atoms with Gasteiger partial charge in [0, 0.05) is 5.56 Å². The highest BCUT2D eigenvalue weighted by Crippen LogP contribution is 2.27. The molecule has 0 N–H and O–H groups in total. The second-order valence-corrected chi connectivity index (χ2v) is 5.25. The van der Waals surface area contributed by atoms with Gasteiger partial charge in [0.25, 0.3) is 0 Å². The fourth-order valence-corrected chi connectivity index (χ4v) is 2.28. The van der Waals surface area contributed by atoms with Crippen LogP contribution in [0, 0.1) is 3.57 Å². The molecule has 0 heterocycles. The van der Waals surface area contributed by atoms with Gasteiger partial charge >= 0.3 is 5.97 Å². The summed E-state index contributed by atoms with van der Waals surface area (Å²) < 4.78 is 11.9. The van der Waals surface area contributed by atoms with E-state index in [9.17, 15) is 4.79 Å². The van der Waals surface area contributed by atoms with Crippen molar-refractivity contribution in [1.29, 1.82) is 0 Å². The molecule has 0 bridgehead atoms. The maximum Gasteiger partial charge on any atom is 0.352 e. The zero-order valence-electron chi connectivity index (χ0n) is 11.1. The Bertz CT molecular complexity index is 569. The lowest BCUT2D eigenvalue weighted by Crippen LogP contribution is -2.21. The van der Waals surface area contributed by atoms with Crippen LogP contribution < -0.4 is 4.74 Å². The smallest absolute Gasteiger partial charge is 0.352 e. The first kappa shape index (κ1) is 14.8. The number of hydrogen-bond donors (Lipinski definition) is 0. The molecule has 2 rings (SSSR count). The average molecular weight is 382 g/mol. The number of carbonyl (C=O) groups is 1. The van der Waals surface area contributed by atoms with Gasteiger partial charge in [-0.25, -0.2) is 4.79 Å². The molecule has 0 aliphatic carbocycles. The number of benzene rings is 2. The molecule has 104 valence electrons. The first-order chi connectivity index (χ1) is 9.72. The molecular formula is C16H15IO3. The highest BCUT2D eigenvalue weighted by Gasteiger charge is 2.24. The third kappa shape index (κ3) is 3.72. The van der Waals surface area contributed by atoms with E-state index in [0.717, 1.165) is 9.13 Å². The van der Waals surface area contributed by atoms with Crippen molar-refractivity contribution in [2.75, 3.05) is 6.61 Å². The molecule has 0 radical (unpaired) electrons. The van der Waals surface area contributed by atoms with Gasteiger partial charge in [0.2, 0.25) is 6.10 Å². The summed E-state index contributed by atoms with van der Waals surface area (Å²) in [5, 5.41) is 0. The van der Waals surface area contributed by atoms with E-state index in [1.165, 1.54) is 0 Å². The van der Waals surface area contributed by atoms with E-state index in [1.54, 1.807) is 6.92 Å². The van der Waals surface area contributed by atoms with Gasteiger partial charge in [-0.2, -0.15) is 0 Å². The molecule has 2 aromatic carbocycles. The van der Waals surface area contributed by atoms with E-state index in [4.69, 9.17) is 9.47 Å². The van der Waals surface area contributed by atoms with Crippen LogP contribution in [0.3, 0.4) is 0 Å². The van der Waals surface area contributed by atoms with Crippen LogP contribution in [0.25, 0.3) is 0 Å². The number of esters is 1. The lowest BCUT2D eigenvalue weighted by atomic mass is 10.1. The van der Waals surface area contributed by atoms with Gasteiger partial charge in [-0.1, -0.05) is 42.5 Å². The second-order valence-electron chi connectivity index (χ2n) is 4.09. The molecule has 0 amide bonds. The molecule has 0 aliphatic heterocycles. The van der Waals surface area contributed by atoms with E-state index >= 15 is 0 Å². The molecule has 1 unspecified atom stereocenters. The van der Waals surface area contributed by atoms with Crippen LogP contribution in [0.5, 0.6) is 5.75 Å². The van der Waals surface area contributed by atoms with Gasteiger partial charge < -0.3 is 9.47 Å². The predicted molar refractivity (Wildman–Crippen MR) is 85.6 cm³/mol. The Hall–Kier alpha value is -1.56. The molecule has 0 fully saturated rings. The van der Waals surface area contributed by atoms with E-state index in [-0.39, 0.29) is 5.97 Å². The molecule has 0 saturated heterocycles. The second kappa shape index (κ2) is 7.28. The monoisotopic (exact) mass is 382 g/mol. The van der Waals surface area contributed by atoms with Crippen LogP contribution in [0.15, 0.2) is 54.6 Å². The first-order valence-electron chi connectivity index (χ1n) is 6.35. The van der Waals surface area contributed by atoms with Gasteiger partial charge in [0.1, 0.15) is 5.75 Å². The van der Waals surface area contributed by atoms with E-state index < -0.39 is 6.10 Å². The van der Waals surface area contributed by atoms with Crippen molar-refractivity contribution in [3.05, 3.63) is 63.7 Å². The summed E-state index contributed by atoms with van der Waals surface area (Å²) in [5.74, 6) is 0.299. The lowest BCUT2D eigenvalue weighted by molar-refractivity contribution is -0.151. The fourth-order valence-electron chi connectivity index (χ4n) is 1.77. The molecular weight excluding hydrogens is 367 g/mol. The molecule has 4 heteroatoms. The predicted octanol–water partition coefficient (Wildman–Crippen LogP) is 3.97. The minimum absolute atomic E-state index is 0.331. The number of carbonyl (C=O) groups excluding carboxylic acids is 1. The molecule has 0 aliphatic rings. The Morgan fingerprint density at radius 2 is 1.75 bits per heavy atom. The minimum atomic E-state index is -0.743. The quantitative estimate of drug-likeness (QED) is 0.580. The van der Waals surface area contributed by atoms with Crippen LogP contribution in [0.1, 0.15) is 18.6 Å². The van der Waals surface area contributed by atoms with Crippen molar-refractivity contribution in [3.63, 3.8) is 0 Å². The summed E-state index contributed by atoms with van der Waals surface area (Å²) in [6.07, 6.45) is -0.743. The number of rotatable bonds is 5. The summed E-state index contributed by atoms with van der Waals surface area (Å²) in [4.78, 5) is 12.1. The number of hydrogen-bond acceptors (Lipinski definition) is 3. The lowest BCUT2D eigenvalue weighted by Gasteiger charge is -2.18. The van der Waals surface area contributed by atoms with Gasteiger partial charge in [-0.15, -0.1) is 0 Å². The van der Waals surface area contributed by atoms with Crippen molar-refractivity contribution in [2.24, 2.45) is 0 Å². The maximum atomic E-state index is 12.1. The summed E-state index contributed by atoms with van der Waals surface area (Å²) >= 11 is 2.18. The molecule has 20 heavy (non-hydrogen) atoms. The van der Waals surface area contributed by atoms with Crippen molar-refractivity contribution in [3.8, 4) is 5.75 Å². The Labute approximate surface area is 132 Å². The fraction of sp³-hybridized carbons (Fsp3) is 0.188. The van der Waals surface area contributed by atoms with Crippen LogP contribution >= 0.6 is 22.6 Å². The van der Waals surface area contributed by atoms with Crippen molar-refractivity contribution < 1.29 is 14.3 Å². The van der Waals surface area contributed by atoms with Crippen molar-refractivity contribution >= 4 is 28.6 Å². The highest BCUT2D eigenvalue weighted by atomic mass is 127. The third-order valence-electron chi connectivity index (χ3n) is 2.68. The Kier molecular flexibility index (Phi) is 5.40. The van der Waals surface area contributed by atoms with E-state index in [1.807, 2.05) is 54.6 Å². The molecule has 2 aromatic rings. The van der Waals surface area contributed by atoms with E-state index in [0.29, 0.717) is 12.4 Å². The molecule has 0 saturated carbocycles. The first-order valence-corrected chi connectivity index (χ1v) is 7.43. The number of halogens is 1. The molecule has 3 nitrogen and oxygen atoms in total. The Morgan fingerprint density at radius 3 is 2.40 bits per heavy atom. The highest BCUT2D eigenvalue weighted by molar-refractivity contribution is 14.1. The number of ether oxygens (including phenoxy) is 2. The van der Waals surface area contributed by atoms with Crippen LogP contribution in [0.4, 0.5) is 0 Å². The van der Waals surface area contributed by atoms with Gasteiger partial charge in [-0.3, -0.25) is 0 Å². The normalized spacial score (nSPS) is 11.7. The molecule has 0 aromatic heterocycles. The zero-order chi connectivity index (χ0) is 14.4. The van der Waals surface area contributed by atoms with Crippen LogP contribution in [-0.2, 0) is 9.53 Å². The summed E-state index contributed by atoms with van der Waals surface area (Å²) in [7, 11) is 0. The number of para-hydroxylation sites is 1. The maximum absolute atomic E-state index is 12.1. The largest absolute Gasteiger partial charge is 0.473 e. The SMILES string of the molecule is CCOC(=O)C(Oc1ccccc1I)c1ccccc1. The Balaban J connectivity index is 2.28. The molecule has 1 atom stereocenters. The van der Waals surface area contributed by atoms with Gasteiger partial charge in [0.05, 0.1) is 10.2 Å². The minimum Gasteiger partial charge on any atom is -0.473 e. The van der Waals surface area contributed by atoms with Gasteiger partial charge in [0.15, 0.2) is 0 Å². The van der Waals surface area contributed by atoms with Gasteiger partial charge in [-0.05, 0) is 41.6 Å². The molecule has 0 spiro atoms. The third-order valence-corrected chi connectivity index (χ3v) is 3.58. The standard InChI is InChI=1S/C16H15IO3/c1-2-19-16(18)15(12-8-4-3-5-9-12)20-14-11-7-6-10-13(14)17/h3-11,15H,2H2,1H3. The summed E-state index contributed by atoms with van der Waals surface area (Å²) in [6, 6.07) is 17.0. The average Bonchev–Trinajstić information content (AvgIpc) is 2.47.